The Balaban J connectivity index is 2.09. The molecule has 3 heteroatoms. The molecule has 100 valence electrons. The highest BCUT2D eigenvalue weighted by atomic mass is 79.9. The second-order valence-corrected chi connectivity index (χ2v) is 6.00. The van der Waals surface area contributed by atoms with Crippen molar-refractivity contribution in [3.8, 4) is 0 Å². The van der Waals surface area contributed by atoms with Crippen LogP contribution in [0.1, 0.15) is 38.2 Å². The summed E-state index contributed by atoms with van der Waals surface area (Å²) in [4.78, 5) is 0. The van der Waals surface area contributed by atoms with Gasteiger partial charge in [-0.2, -0.15) is 0 Å². The quantitative estimate of drug-likeness (QED) is 0.854. The lowest BCUT2D eigenvalue weighted by molar-refractivity contribution is 0.361. The van der Waals surface area contributed by atoms with Crippen LogP contribution in [0.15, 0.2) is 22.7 Å². The van der Waals surface area contributed by atoms with Crippen LogP contribution in [0.5, 0.6) is 0 Å². The van der Waals surface area contributed by atoms with Crippen LogP contribution in [0.4, 0.5) is 4.39 Å². The number of likely N-dealkylation sites (N-methyl/N-ethyl adjacent to an activating group) is 1. The number of halogens is 2. The first kappa shape index (κ1) is 14.0. The first-order chi connectivity index (χ1) is 8.70. The van der Waals surface area contributed by atoms with Crippen LogP contribution in [-0.4, -0.2) is 12.6 Å². The third-order valence-electron chi connectivity index (χ3n) is 3.88. The fraction of sp³-hybridized carbons (Fsp3) is 0.600. The summed E-state index contributed by atoms with van der Waals surface area (Å²) in [6.45, 7) is 3.12. The number of nitrogens with one attached hydrogen (secondary N) is 1. The zero-order valence-electron chi connectivity index (χ0n) is 10.9. The molecule has 18 heavy (non-hydrogen) atoms. The van der Waals surface area contributed by atoms with Crippen LogP contribution in [0.3, 0.4) is 0 Å². The van der Waals surface area contributed by atoms with Gasteiger partial charge in [0.15, 0.2) is 0 Å². The van der Waals surface area contributed by atoms with E-state index in [9.17, 15) is 4.39 Å². The van der Waals surface area contributed by atoms with Gasteiger partial charge in [-0.3, -0.25) is 0 Å². The van der Waals surface area contributed by atoms with Crippen LogP contribution in [0.25, 0.3) is 0 Å². The van der Waals surface area contributed by atoms with Crippen molar-refractivity contribution in [2.45, 2.75) is 45.1 Å². The average Bonchev–Trinajstić information content (AvgIpc) is 2.87. The van der Waals surface area contributed by atoms with E-state index in [0.717, 1.165) is 28.9 Å². The molecule has 0 amide bonds. The molecule has 0 aliphatic heterocycles. The van der Waals surface area contributed by atoms with Crippen molar-refractivity contribution in [2.75, 3.05) is 6.54 Å². The van der Waals surface area contributed by atoms with Crippen molar-refractivity contribution in [1.82, 2.24) is 5.32 Å². The van der Waals surface area contributed by atoms with Gasteiger partial charge in [0.25, 0.3) is 0 Å². The van der Waals surface area contributed by atoms with E-state index in [1.165, 1.54) is 31.7 Å². The highest BCUT2D eigenvalue weighted by molar-refractivity contribution is 9.10. The summed E-state index contributed by atoms with van der Waals surface area (Å²) >= 11 is 3.52. The Morgan fingerprint density at radius 3 is 2.78 bits per heavy atom. The standard InChI is InChI=1S/C15H21BrFN/c1-2-18-15(11-5-3-4-6-11)10-12-9-13(17)7-8-14(12)16/h7-9,11,15,18H,2-6,10H2,1H3. The lowest BCUT2D eigenvalue weighted by Crippen LogP contribution is -2.37. The largest absolute Gasteiger partial charge is 0.314 e. The van der Waals surface area contributed by atoms with Crippen LogP contribution >= 0.6 is 15.9 Å². The zero-order chi connectivity index (χ0) is 13.0. The van der Waals surface area contributed by atoms with E-state index in [0.29, 0.717) is 6.04 Å². The van der Waals surface area contributed by atoms with Crippen molar-refractivity contribution >= 4 is 15.9 Å². The average molecular weight is 314 g/mol. The van der Waals surface area contributed by atoms with E-state index >= 15 is 0 Å². The molecule has 0 radical (unpaired) electrons. The Bertz CT molecular complexity index is 388. The molecule has 1 aromatic carbocycles. The lowest BCUT2D eigenvalue weighted by Gasteiger charge is -2.25. The normalized spacial score (nSPS) is 18.2. The molecule has 0 heterocycles. The molecular weight excluding hydrogens is 293 g/mol. The molecule has 1 aliphatic carbocycles. The summed E-state index contributed by atoms with van der Waals surface area (Å²) in [6, 6.07) is 5.45. The summed E-state index contributed by atoms with van der Waals surface area (Å²) in [5, 5.41) is 3.58. The maximum atomic E-state index is 13.3. The second-order valence-electron chi connectivity index (χ2n) is 5.15. The minimum atomic E-state index is -0.144. The summed E-state index contributed by atoms with van der Waals surface area (Å²) in [6.07, 6.45) is 6.22. The van der Waals surface area contributed by atoms with Crippen molar-refractivity contribution in [3.63, 3.8) is 0 Å². The third kappa shape index (κ3) is 3.55. The summed E-state index contributed by atoms with van der Waals surface area (Å²) < 4.78 is 14.3. The molecule has 1 aliphatic rings. The molecule has 0 bridgehead atoms. The van der Waals surface area contributed by atoms with Gasteiger partial charge in [0.1, 0.15) is 5.82 Å². The molecule has 1 saturated carbocycles. The van der Waals surface area contributed by atoms with Crippen molar-refractivity contribution in [2.24, 2.45) is 5.92 Å². The Kier molecular flexibility index (Phi) is 5.19. The molecule has 0 spiro atoms. The maximum Gasteiger partial charge on any atom is 0.123 e. The second kappa shape index (κ2) is 6.67. The van der Waals surface area contributed by atoms with Gasteiger partial charge in [0.05, 0.1) is 0 Å². The monoisotopic (exact) mass is 313 g/mol. The van der Waals surface area contributed by atoms with Crippen LogP contribution in [-0.2, 0) is 6.42 Å². The Labute approximate surface area is 117 Å². The van der Waals surface area contributed by atoms with Crippen LogP contribution < -0.4 is 5.32 Å². The van der Waals surface area contributed by atoms with Gasteiger partial charge in [0.2, 0.25) is 0 Å². The fourth-order valence-corrected chi connectivity index (χ4v) is 3.37. The maximum absolute atomic E-state index is 13.3. The number of hydrogen-bond acceptors (Lipinski definition) is 1. The number of rotatable bonds is 5. The van der Waals surface area contributed by atoms with Gasteiger partial charge in [-0.1, -0.05) is 35.7 Å². The SMILES string of the molecule is CCNC(Cc1cc(F)ccc1Br)C1CCCC1. The van der Waals surface area contributed by atoms with E-state index < -0.39 is 0 Å². The van der Waals surface area contributed by atoms with Gasteiger partial charge in [-0.25, -0.2) is 4.39 Å². The molecule has 2 rings (SSSR count). The molecule has 1 aromatic rings. The lowest BCUT2D eigenvalue weighted by atomic mass is 9.92. The molecule has 0 aromatic heterocycles. The molecule has 0 saturated heterocycles. The Morgan fingerprint density at radius 1 is 1.39 bits per heavy atom. The van der Waals surface area contributed by atoms with Crippen molar-refractivity contribution in [1.29, 1.82) is 0 Å². The van der Waals surface area contributed by atoms with Gasteiger partial charge in [-0.15, -0.1) is 0 Å². The van der Waals surface area contributed by atoms with Crippen molar-refractivity contribution in [3.05, 3.63) is 34.1 Å². The van der Waals surface area contributed by atoms with Gasteiger partial charge < -0.3 is 5.32 Å². The Morgan fingerprint density at radius 2 is 2.11 bits per heavy atom. The third-order valence-corrected chi connectivity index (χ3v) is 4.66. The van der Waals surface area contributed by atoms with Gasteiger partial charge >= 0.3 is 0 Å². The fourth-order valence-electron chi connectivity index (χ4n) is 2.96. The van der Waals surface area contributed by atoms with Crippen LogP contribution in [0, 0.1) is 11.7 Å². The number of hydrogen-bond donors (Lipinski definition) is 1. The Hall–Kier alpha value is -0.410. The summed E-state index contributed by atoms with van der Waals surface area (Å²) in [7, 11) is 0. The van der Waals surface area contributed by atoms with Gasteiger partial charge in [0, 0.05) is 10.5 Å². The predicted octanol–water partition coefficient (Wildman–Crippen LogP) is 4.30. The summed E-state index contributed by atoms with van der Waals surface area (Å²) in [5.41, 5.74) is 1.08. The van der Waals surface area contributed by atoms with Crippen molar-refractivity contribution < 1.29 is 4.39 Å². The molecule has 1 unspecified atom stereocenters. The van der Waals surface area contributed by atoms with E-state index in [1.54, 1.807) is 6.07 Å². The predicted molar refractivity (Wildman–Crippen MR) is 77.2 cm³/mol. The number of benzene rings is 1. The first-order valence-corrected chi connectivity index (χ1v) is 7.67. The molecular formula is C15H21BrFN. The summed E-state index contributed by atoms with van der Waals surface area (Å²) in [5.74, 6) is 0.606. The van der Waals surface area contributed by atoms with E-state index in [4.69, 9.17) is 0 Å². The topological polar surface area (TPSA) is 12.0 Å². The molecule has 1 fully saturated rings. The molecule has 1 nitrogen and oxygen atoms in total. The highest BCUT2D eigenvalue weighted by Gasteiger charge is 2.25. The van der Waals surface area contributed by atoms with E-state index in [-0.39, 0.29) is 5.82 Å². The van der Waals surface area contributed by atoms with Gasteiger partial charge in [-0.05, 0) is 55.5 Å². The minimum Gasteiger partial charge on any atom is -0.314 e. The first-order valence-electron chi connectivity index (χ1n) is 6.88. The minimum absolute atomic E-state index is 0.144. The smallest absolute Gasteiger partial charge is 0.123 e. The molecule has 1 atom stereocenters. The highest BCUT2D eigenvalue weighted by Crippen LogP contribution is 2.30. The van der Waals surface area contributed by atoms with Crippen LogP contribution in [0.2, 0.25) is 0 Å². The molecule has 1 N–H and O–H groups in total. The van der Waals surface area contributed by atoms with E-state index in [2.05, 4.69) is 28.2 Å². The van der Waals surface area contributed by atoms with E-state index in [1.807, 2.05) is 6.07 Å². The zero-order valence-corrected chi connectivity index (χ0v) is 12.5.